The monoisotopic (exact) mass is 342 g/mol. The van der Waals surface area contributed by atoms with E-state index in [0.717, 1.165) is 17.9 Å². The molecule has 5 nitrogen and oxygen atoms in total. The highest BCUT2D eigenvalue weighted by atomic mass is 19.4. The Kier molecular flexibility index (Phi) is 5.50. The maximum Gasteiger partial charge on any atom is 0.573 e. The number of carbonyl (C=O) groups excluding carboxylic acids is 1. The first kappa shape index (κ1) is 17.9. The molecule has 0 aliphatic rings. The standard InChI is InChI=1S/C16H17F3N2O3/c1-11(21(2)10-14-4-3-9-23-14)15(22)20-12-5-7-13(8-6-12)24-16(17,18)19/h3-9,11H,10H2,1-2H3,(H,20,22). The lowest BCUT2D eigenvalue weighted by atomic mass is 10.2. The molecule has 130 valence electrons. The number of furan rings is 1. The highest BCUT2D eigenvalue weighted by molar-refractivity contribution is 5.94. The third kappa shape index (κ3) is 5.31. The van der Waals surface area contributed by atoms with E-state index in [0.29, 0.717) is 12.2 Å². The number of nitrogens with one attached hydrogen (secondary N) is 1. The number of benzene rings is 1. The maximum atomic E-state index is 12.2. The van der Waals surface area contributed by atoms with Crippen LogP contribution in [-0.2, 0) is 11.3 Å². The predicted octanol–water partition coefficient (Wildman–Crippen LogP) is 3.64. The Hall–Kier alpha value is -2.48. The fraction of sp³-hybridized carbons (Fsp3) is 0.312. The second-order valence-corrected chi connectivity index (χ2v) is 5.23. The molecule has 1 aromatic carbocycles. The van der Waals surface area contributed by atoms with Gasteiger partial charge in [-0.2, -0.15) is 0 Å². The third-order valence-corrected chi connectivity index (χ3v) is 3.38. The predicted molar refractivity (Wildman–Crippen MR) is 81.4 cm³/mol. The van der Waals surface area contributed by atoms with Crippen LogP contribution in [-0.4, -0.2) is 30.3 Å². The summed E-state index contributed by atoms with van der Waals surface area (Å²) < 4.78 is 45.3. The zero-order valence-electron chi connectivity index (χ0n) is 13.1. The first-order chi connectivity index (χ1) is 11.2. The molecule has 0 saturated heterocycles. The summed E-state index contributed by atoms with van der Waals surface area (Å²) in [5.74, 6) is 0.0998. The van der Waals surface area contributed by atoms with E-state index in [4.69, 9.17) is 4.42 Å². The first-order valence-corrected chi connectivity index (χ1v) is 7.14. The van der Waals surface area contributed by atoms with Gasteiger partial charge in [-0.1, -0.05) is 0 Å². The Morgan fingerprint density at radius 1 is 1.29 bits per heavy atom. The van der Waals surface area contributed by atoms with E-state index >= 15 is 0 Å². The molecule has 0 saturated carbocycles. The van der Waals surface area contributed by atoms with Crippen LogP contribution >= 0.6 is 0 Å². The van der Waals surface area contributed by atoms with Gasteiger partial charge in [-0.05, 0) is 50.4 Å². The molecule has 24 heavy (non-hydrogen) atoms. The minimum absolute atomic E-state index is 0.284. The van der Waals surface area contributed by atoms with E-state index in [1.54, 1.807) is 37.3 Å². The number of anilines is 1. The second kappa shape index (κ2) is 7.39. The van der Waals surface area contributed by atoms with Gasteiger partial charge in [0.15, 0.2) is 0 Å². The molecule has 0 fully saturated rings. The third-order valence-electron chi connectivity index (χ3n) is 3.38. The van der Waals surface area contributed by atoms with E-state index in [-0.39, 0.29) is 11.7 Å². The summed E-state index contributed by atoms with van der Waals surface area (Å²) >= 11 is 0. The molecule has 1 heterocycles. The summed E-state index contributed by atoms with van der Waals surface area (Å²) in [4.78, 5) is 14.0. The molecule has 0 spiro atoms. The van der Waals surface area contributed by atoms with Crippen LogP contribution in [0.3, 0.4) is 0 Å². The van der Waals surface area contributed by atoms with Crippen molar-refractivity contribution in [2.45, 2.75) is 25.9 Å². The van der Waals surface area contributed by atoms with Gasteiger partial charge in [0.05, 0.1) is 18.8 Å². The van der Waals surface area contributed by atoms with Crippen molar-refractivity contribution in [1.29, 1.82) is 0 Å². The minimum atomic E-state index is -4.74. The lowest BCUT2D eigenvalue weighted by Gasteiger charge is -2.22. The highest BCUT2D eigenvalue weighted by Gasteiger charge is 2.31. The number of likely N-dealkylation sites (N-methyl/N-ethyl adjacent to an activating group) is 1. The summed E-state index contributed by atoms with van der Waals surface area (Å²) in [5.41, 5.74) is 0.382. The molecule has 1 amide bonds. The molecule has 0 bridgehead atoms. The molecule has 0 aliphatic carbocycles. The zero-order valence-corrected chi connectivity index (χ0v) is 13.1. The first-order valence-electron chi connectivity index (χ1n) is 7.14. The smallest absolute Gasteiger partial charge is 0.468 e. The van der Waals surface area contributed by atoms with Gasteiger partial charge in [0, 0.05) is 5.69 Å². The van der Waals surface area contributed by atoms with Crippen LogP contribution in [0.4, 0.5) is 18.9 Å². The van der Waals surface area contributed by atoms with Crippen LogP contribution < -0.4 is 10.1 Å². The largest absolute Gasteiger partial charge is 0.573 e. The SMILES string of the molecule is CC(C(=O)Nc1ccc(OC(F)(F)F)cc1)N(C)Cc1ccco1. The van der Waals surface area contributed by atoms with Gasteiger partial charge in [-0.3, -0.25) is 9.69 Å². The van der Waals surface area contributed by atoms with Crippen LogP contribution in [0.5, 0.6) is 5.75 Å². The molecule has 1 aromatic heterocycles. The molecule has 1 atom stereocenters. The van der Waals surface area contributed by atoms with Crippen LogP contribution in [0.2, 0.25) is 0 Å². The number of halogens is 3. The maximum absolute atomic E-state index is 12.2. The number of hydrogen-bond donors (Lipinski definition) is 1. The van der Waals surface area contributed by atoms with Crippen LogP contribution in [0, 0.1) is 0 Å². The van der Waals surface area contributed by atoms with Crippen molar-refractivity contribution in [1.82, 2.24) is 4.90 Å². The summed E-state index contributed by atoms with van der Waals surface area (Å²) in [6, 6.07) is 8.08. The van der Waals surface area contributed by atoms with E-state index in [9.17, 15) is 18.0 Å². The summed E-state index contributed by atoms with van der Waals surface area (Å²) in [6.45, 7) is 2.18. The van der Waals surface area contributed by atoms with Crippen LogP contribution in [0.1, 0.15) is 12.7 Å². The van der Waals surface area contributed by atoms with Crippen LogP contribution in [0.15, 0.2) is 47.1 Å². The van der Waals surface area contributed by atoms with E-state index in [1.807, 2.05) is 0 Å². The fourth-order valence-electron chi connectivity index (χ4n) is 1.97. The topological polar surface area (TPSA) is 54.7 Å². The number of ether oxygens (including phenoxy) is 1. The normalized spacial score (nSPS) is 12.9. The van der Waals surface area contributed by atoms with Gasteiger partial charge in [0.25, 0.3) is 0 Å². The average molecular weight is 342 g/mol. The van der Waals surface area contributed by atoms with E-state index in [1.165, 1.54) is 12.1 Å². The van der Waals surface area contributed by atoms with E-state index in [2.05, 4.69) is 10.1 Å². The van der Waals surface area contributed by atoms with Gasteiger partial charge in [0.2, 0.25) is 5.91 Å². The number of hydrogen-bond acceptors (Lipinski definition) is 4. The Labute approximate surface area is 137 Å². The lowest BCUT2D eigenvalue weighted by molar-refractivity contribution is -0.274. The summed E-state index contributed by atoms with van der Waals surface area (Å²) in [7, 11) is 1.77. The number of amides is 1. The molecular weight excluding hydrogens is 325 g/mol. The second-order valence-electron chi connectivity index (χ2n) is 5.23. The number of carbonyl (C=O) groups is 1. The Balaban J connectivity index is 1.91. The van der Waals surface area contributed by atoms with Crippen molar-refractivity contribution in [2.24, 2.45) is 0 Å². The molecule has 0 radical (unpaired) electrons. The molecule has 2 rings (SSSR count). The quantitative estimate of drug-likeness (QED) is 0.871. The molecule has 1 N–H and O–H groups in total. The number of nitrogens with zero attached hydrogens (tertiary/aromatic N) is 1. The van der Waals surface area contributed by atoms with Gasteiger partial charge < -0.3 is 14.5 Å². The minimum Gasteiger partial charge on any atom is -0.468 e. The molecule has 0 aliphatic heterocycles. The summed E-state index contributed by atoms with van der Waals surface area (Å²) in [6.07, 6.45) is -3.19. The number of alkyl halides is 3. The van der Waals surface area contributed by atoms with E-state index < -0.39 is 12.4 Å². The van der Waals surface area contributed by atoms with Gasteiger partial charge in [-0.15, -0.1) is 13.2 Å². The fourth-order valence-corrected chi connectivity index (χ4v) is 1.97. The number of rotatable bonds is 6. The van der Waals surface area contributed by atoms with Crippen molar-refractivity contribution >= 4 is 11.6 Å². The molecule has 2 aromatic rings. The van der Waals surface area contributed by atoms with Crippen molar-refractivity contribution < 1.29 is 27.1 Å². The molecular formula is C16H17F3N2O3. The van der Waals surface area contributed by atoms with Crippen molar-refractivity contribution in [3.63, 3.8) is 0 Å². The average Bonchev–Trinajstić information content (AvgIpc) is 2.99. The van der Waals surface area contributed by atoms with Crippen molar-refractivity contribution in [3.05, 3.63) is 48.4 Å². The zero-order chi connectivity index (χ0) is 17.7. The molecule has 8 heteroatoms. The van der Waals surface area contributed by atoms with Gasteiger partial charge >= 0.3 is 6.36 Å². The summed E-state index contributed by atoms with van der Waals surface area (Å²) in [5, 5.41) is 2.64. The van der Waals surface area contributed by atoms with Gasteiger partial charge in [0.1, 0.15) is 11.5 Å². The Bertz CT molecular complexity index is 654. The van der Waals surface area contributed by atoms with Crippen molar-refractivity contribution in [3.8, 4) is 5.75 Å². The van der Waals surface area contributed by atoms with Crippen LogP contribution in [0.25, 0.3) is 0 Å². The lowest BCUT2D eigenvalue weighted by Crippen LogP contribution is -2.39. The Morgan fingerprint density at radius 3 is 2.50 bits per heavy atom. The highest BCUT2D eigenvalue weighted by Crippen LogP contribution is 2.24. The van der Waals surface area contributed by atoms with Crippen molar-refractivity contribution in [2.75, 3.05) is 12.4 Å². The molecule has 1 unspecified atom stereocenters. The Morgan fingerprint density at radius 2 is 1.96 bits per heavy atom. The van der Waals surface area contributed by atoms with Gasteiger partial charge in [-0.25, -0.2) is 0 Å².